The molecular formula is C28H47NO4. The molecule has 5 heteroatoms. The monoisotopic (exact) mass is 461 g/mol. The average Bonchev–Trinajstić information content (AvgIpc) is 2.80. The summed E-state index contributed by atoms with van der Waals surface area (Å²) in [5, 5.41) is 0. The number of rotatable bonds is 21. The fraction of sp³-hybridized carbons (Fsp3) is 0.643. The Morgan fingerprint density at radius 3 is 1.64 bits per heavy atom. The van der Waals surface area contributed by atoms with E-state index in [1.807, 2.05) is 0 Å². The van der Waals surface area contributed by atoms with Crippen molar-refractivity contribution in [1.82, 2.24) is 0 Å². The molecule has 0 aliphatic rings. The molecule has 0 saturated carbocycles. The van der Waals surface area contributed by atoms with Crippen LogP contribution in [0.1, 0.15) is 97.3 Å². The van der Waals surface area contributed by atoms with Gasteiger partial charge in [-0.05, 0) is 70.8 Å². The number of nitrogens with two attached hydrogens (primary N) is 1. The van der Waals surface area contributed by atoms with Crippen molar-refractivity contribution in [1.29, 1.82) is 0 Å². The van der Waals surface area contributed by atoms with Gasteiger partial charge < -0.3 is 15.2 Å². The lowest BCUT2D eigenvalue weighted by Crippen LogP contribution is -2.27. The van der Waals surface area contributed by atoms with E-state index >= 15 is 0 Å². The highest BCUT2D eigenvalue weighted by molar-refractivity contribution is 5.70. The van der Waals surface area contributed by atoms with Gasteiger partial charge in [-0.1, -0.05) is 62.5 Å². The molecule has 0 spiro atoms. The maximum absolute atomic E-state index is 12.1. The van der Waals surface area contributed by atoms with Crippen molar-refractivity contribution in [2.45, 2.75) is 103 Å². The first-order valence-corrected chi connectivity index (χ1v) is 12.8. The number of carbonyl (C=O) groups excluding carboxylic acids is 2. The quantitative estimate of drug-likeness (QED) is 0.116. The number of ether oxygens (including phenoxy) is 2. The molecule has 0 rings (SSSR count). The molecule has 0 amide bonds. The van der Waals surface area contributed by atoms with Crippen LogP contribution in [0, 0.1) is 0 Å². The SMILES string of the molecule is CC/C=C\CC/C=C\CCCC(=O)OC[C@H](CCN)OC(=O)CCC/C=C\CC/C=C\CC. The first kappa shape index (κ1) is 30.9. The molecule has 1 atom stereocenters. The van der Waals surface area contributed by atoms with E-state index in [2.05, 4.69) is 62.5 Å². The lowest BCUT2D eigenvalue weighted by atomic mass is 10.2. The first-order valence-electron chi connectivity index (χ1n) is 12.8. The molecule has 2 N–H and O–H groups in total. The van der Waals surface area contributed by atoms with Crippen molar-refractivity contribution in [3.63, 3.8) is 0 Å². The van der Waals surface area contributed by atoms with Crippen LogP contribution < -0.4 is 5.73 Å². The van der Waals surface area contributed by atoms with E-state index in [1.165, 1.54) is 0 Å². The van der Waals surface area contributed by atoms with E-state index in [1.54, 1.807) is 0 Å². The summed E-state index contributed by atoms with van der Waals surface area (Å²) in [5.74, 6) is -0.519. The molecular weight excluding hydrogens is 414 g/mol. The first-order chi connectivity index (χ1) is 16.1. The summed E-state index contributed by atoms with van der Waals surface area (Å²) in [6.07, 6.45) is 27.5. The molecule has 5 nitrogen and oxygen atoms in total. The predicted molar refractivity (Wildman–Crippen MR) is 138 cm³/mol. The Balaban J connectivity index is 3.94. The smallest absolute Gasteiger partial charge is 0.306 e. The molecule has 0 saturated heterocycles. The second-order valence-corrected chi connectivity index (χ2v) is 8.01. The Morgan fingerprint density at radius 2 is 1.15 bits per heavy atom. The number of hydrogen-bond donors (Lipinski definition) is 1. The normalized spacial score (nSPS) is 12.9. The molecule has 0 heterocycles. The van der Waals surface area contributed by atoms with E-state index in [0.717, 1.165) is 64.2 Å². The van der Waals surface area contributed by atoms with E-state index < -0.39 is 6.10 Å². The van der Waals surface area contributed by atoms with E-state index in [0.29, 0.717) is 25.8 Å². The molecule has 0 fully saturated rings. The largest absolute Gasteiger partial charge is 0.462 e. The van der Waals surface area contributed by atoms with Gasteiger partial charge in [0, 0.05) is 19.3 Å². The lowest BCUT2D eigenvalue weighted by molar-refractivity contribution is -0.159. The minimum Gasteiger partial charge on any atom is -0.462 e. The summed E-state index contributed by atoms with van der Waals surface area (Å²) in [6.45, 7) is 4.71. The molecule has 188 valence electrons. The maximum atomic E-state index is 12.1. The van der Waals surface area contributed by atoms with Crippen LogP contribution in [0.4, 0.5) is 0 Å². The van der Waals surface area contributed by atoms with Crippen molar-refractivity contribution in [3.8, 4) is 0 Å². The van der Waals surface area contributed by atoms with Crippen LogP contribution in [-0.4, -0.2) is 31.2 Å². The van der Waals surface area contributed by atoms with Gasteiger partial charge in [0.05, 0.1) is 0 Å². The third-order valence-corrected chi connectivity index (χ3v) is 4.86. The van der Waals surface area contributed by atoms with Gasteiger partial charge in [0.15, 0.2) is 0 Å². The van der Waals surface area contributed by atoms with Gasteiger partial charge in [-0.15, -0.1) is 0 Å². The van der Waals surface area contributed by atoms with E-state index in [9.17, 15) is 9.59 Å². The van der Waals surface area contributed by atoms with Gasteiger partial charge in [0.1, 0.15) is 12.7 Å². The van der Waals surface area contributed by atoms with Crippen LogP contribution >= 0.6 is 0 Å². The third-order valence-electron chi connectivity index (χ3n) is 4.86. The van der Waals surface area contributed by atoms with Gasteiger partial charge in [0.25, 0.3) is 0 Å². The van der Waals surface area contributed by atoms with Crippen molar-refractivity contribution in [3.05, 3.63) is 48.6 Å². The molecule has 0 aromatic rings. The number of unbranched alkanes of at least 4 members (excludes halogenated alkanes) is 4. The Kier molecular flexibility index (Phi) is 22.9. The van der Waals surface area contributed by atoms with Gasteiger partial charge in [-0.2, -0.15) is 0 Å². The Labute approximate surface area is 202 Å². The molecule has 0 radical (unpaired) electrons. The molecule has 0 aliphatic heterocycles. The predicted octanol–water partition coefficient (Wildman–Crippen LogP) is 6.74. The van der Waals surface area contributed by atoms with Crippen LogP contribution in [0.5, 0.6) is 0 Å². The van der Waals surface area contributed by atoms with Gasteiger partial charge in [-0.3, -0.25) is 9.59 Å². The molecule has 0 aromatic carbocycles. The number of esters is 2. The third kappa shape index (κ3) is 22.8. The van der Waals surface area contributed by atoms with E-state index in [-0.39, 0.29) is 18.5 Å². The maximum Gasteiger partial charge on any atom is 0.306 e. The summed E-state index contributed by atoms with van der Waals surface area (Å²) in [4.78, 5) is 24.0. The highest BCUT2D eigenvalue weighted by Crippen LogP contribution is 2.07. The Hall–Kier alpha value is -2.14. The van der Waals surface area contributed by atoms with Gasteiger partial charge >= 0.3 is 11.9 Å². The van der Waals surface area contributed by atoms with E-state index in [4.69, 9.17) is 15.2 Å². The minimum absolute atomic E-state index is 0.0759. The Bertz CT molecular complexity index is 593. The summed E-state index contributed by atoms with van der Waals surface area (Å²) < 4.78 is 10.8. The second kappa shape index (κ2) is 24.5. The topological polar surface area (TPSA) is 78.6 Å². The molecule has 0 aliphatic carbocycles. The average molecular weight is 462 g/mol. The lowest BCUT2D eigenvalue weighted by Gasteiger charge is -2.17. The summed E-state index contributed by atoms with van der Waals surface area (Å²) in [7, 11) is 0. The van der Waals surface area contributed by atoms with Crippen molar-refractivity contribution < 1.29 is 19.1 Å². The standard InChI is InChI=1S/C28H47NO4/c1-3-5-7-9-11-13-15-17-19-21-27(30)32-25-26(23-24-29)33-28(31)22-20-18-16-14-12-10-8-6-4-2/h5-8,13-16,26H,3-4,9-12,17-25,29H2,1-2H3/b7-5-,8-6-,15-13-,16-14-/t26-/m0/s1. The highest BCUT2D eigenvalue weighted by Gasteiger charge is 2.16. The number of carbonyl (C=O) groups is 2. The second-order valence-electron chi connectivity index (χ2n) is 8.01. The molecule has 0 unspecified atom stereocenters. The van der Waals surface area contributed by atoms with Crippen LogP contribution in [0.3, 0.4) is 0 Å². The van der Waals surface area contributed by atoms with Crippen molar-refractivity contribution in [2.75, 3.05) is 13.2 Å². The molecule has 0 aromatic heterocycles. The fourth-order valence-corrected chi connectivity index (χ4v) is 3.02. The summed E-state index contributed by atoms with van der Waals surface area (Å²) >= 11 is 0. The zero-order valence-electron chi connectivity index (χ0n) is 21.0. The van der Waals surface area contributed by atoms with Crippen molar-refractivity contribution in [2.24, 2.45) is 5.73 Å². The summed E-state index contributed by atoms with van der Waals surface area (Å²) in [6, 6.07) is 0. The highest BCUT2D eigenvalue weighted by atomic mass is 16.6. The van der Waals surface area contributed by atoms with Crippen LogP contribution in [0.2, 0.25) is 0 Å². The fourth-order valence-electron chi connectivity index (χ4n) is 3.02. The Morgan fingerprint density at radius 1 is 0.697 bits per heavy atom. The zero-order chi connectivity index (χ0) is 24.4. The van der Waals surface area contributed by atoms with Crippen molar-refractivity contribution >= 4 is 11.9 Å². The number of allylic oxidation sites excluding steroid dienone is 8. The molecule has 33 heavy (non-hydrogen) atoms. The minimum atomic E-state index is -0.469. The number of hydrogen-bond acceptors (Lipinski definition) is 5. The van der Waals surface area contributed by atoms with Crippen LogP contribution in [0.25, 0.3) is 0 Å². The van der Waals surface area contributed by atoms with Gasteiger partial charge in [0.2, 0.25) is 0 Å². The van der Waals surface area contributed by atoms with Crippen LogP contribution in [-0.2, 0) is 19.1 Å². The zero-order valence-corrected chi connectivity index (χ0v) is 21.0. The van der Waals surface area contributed by atoms with Gasteiger partial charge in [-0.25, -0.2) is 0 Å². The van der Waals surface area contributed by atoms with Crippen LogP contribution in [0.15, 0.2) is 48.6 Å². The summed E-state index contributed by atoms with van der Waals surface area (Å²) in [5.41, 5.74) is 5.62. The molecule has 0 bridgehead atoms.